The molecule has 1 aromatic heterocycles. The summed E-state index contributed by atoms with van der Waals surface area (Å²) in [4.78, 5) is 4.80. The lowest BCUT2D eigenvalue weighted by Crippen LogP contribution is -2.03. The van der Waals surface area contributed by atoms with Gasteiger partial charge in [0.1, 0.15) is 5.82 Å². The number of para-hydroxylation sites is 2. The second kappa shape index (κ2) is 5.29. The standard InChI is InChI=1S/C17H17ClN2/c1-12-6-3-4-8-14(12)20-15-9-5-7-13(2)17(15)19-16(20)10-11-18/h3-9H,10-11H2,1-2H3. The highest BCUT2D eigenvalue weighted by molar-refractivity contribution is 6.17. The molecule has 20 heavy (non-hydrogen) atoms. The minimum absolute atomic E-state index is 0.578. The molecular weight excluding hydrogens is 268 g/mol. The van der Waals surface area contributed by atoms with Gasteiger partial charge in [0.25, 0.3) is 0 Å². The fourth-order valence-corrected chi connectivity index (χ4v) is 2.79. The molecular formula is C17H17ClN2. The van der Waals surface area contributed by atoms with Crippen LogP contribution in [-0.2, 0) is 6.42 Å². The van der Waals surface area contributed by atoms with Gasteiger partial charge in [-0.15, -0.1) is 11.6 Å². The van der Waals surface area contributed by atoms with Crippen LogP contribution in [0.5, 0.6) is 0 Å². The van der Waals surface area contributed by atoms with E-state index in [2.05, 4.69) is 60.9 Å². The van der Waals surface area contributed by atoms with Crippen LogP contribution in [0.15, 0.2) is 42.5 Å². The lowest BCUT2D eigenvalue weighted by atomic mass is 10.1. The van der Waals surface area contributed by atoms with Crippen molar-refractivity contribution in [2.24, 2.45) is 0 Å². The van der Waals surface area contributed by atoms with E-state index in [1.807, 2.05) is 0 Å². The maximum atomic E-state index is 5.95. The maximum Gasteiger partial charge on any atom is 0.115 e. The van der Waals surface area contributed by atoms with Crippen LogP contribution in [-0.4, -0.2) is 15.4 Å². The number of aryl methyl sites for hydroxylation is 3. The van der Waals surface area contributed by atoms with Crippen LogP contribution in [0.1, 0.15) is 17.0 Å². The van der Waals surface area contributed by atoms with Gasteiger partial charge in [-0.05, 0) is 37.1 Å². The molecule has 102 valence electrons. The second-order valence-corrected chi connectivity index (χ2v) is 5.41. The number of nitrogens with zero attached hydrogens (tertiary/aromatic N) is 2. The third-order valence-electron chi connectivity index (χ3n) is 3.63. The Morgan fingerprint density at radius 1 is 1.00 bits per heavy atom. The van der Waals surface area contributed by atoms with Crippen LogP contribution in [0.3, 0.4) is 0 Å². The second-order valence-electron chi connectivity index (χ2n) is 5.03. The van der Waals surface area contributed by atoms with Gasteiger partial charge < -0.3 is 0 Å². The van der Waals surface area contributed by atoms with Crippen LogP contribution in [0.2, 0.25) is 0 Å². The van der Waals surface area contributed by atoms with Crippen LogP contribution in [0.4, 0.5) is 0 Å². The monoisotopic (exact) mass is 284 g/mol. The van der Waals surface area contributed by atoms with E-state index in [0.717, 1.165) is 23.3 Å². The molecule has 0 saturated carbocycles. The van der Waals surface area contributed by atoms with Crippen molar-refractivity contribution in [2.75, 3.05) is 5.88 Å². The molecule has 1 heterocycles. The quantitative estimate of drug-likeness (QED) is 0.651. The highest BCUT2D eigenvalue weighted by atomic mass is 35.5. The average molecular weight is 285 g/mol. The zero-order valence-electron chi connectivity index (χ0n) is 11.7. The zero-order chi connectivity index (χ0) is 14.1. The highest BCUT2D eigenvalue weighted by Crippen LogP contribution is 2.26. The molecule has 0 aliphatic heterocycles. The highest BCUT2D eigenvalue weighted by Gasteiger charge is 2.14. The molecule has 2 aromatic carbocycles. The summed E-state index contributed by atoms with van der Waals surface area (Å²) in [7, 11) is 0. The van der Waals surface area contributed by atoms with Gasteiger partial charge in [-0.3, -0.25) is 4.57 Å². The van der Waals surface area contributed by atoms with Crippen molar-refractivity contribution in [3.05, 3.63) is 59.4 Å². The molecule has 0 unspecified atom stereocenters. The van der Waals surface area contributed by atoms with E-state index in [0.29, 0.717) is 5.88 Å². The minimum Gasteiger partial charge on any atom is -0.296 e. The number of aromatic nitrogens is 2. The van der Waals surface area contributed by atoms with E-state index in [4.69, 9.17) is 16.6 Å². The summed E-state index contributed by atoms with van der Waals surface area (Å²) in [5.74, 6) is 1.60. The predicted molar refractivity (Wildman–Crippen MR) is 85.0 cm³/mol. The molecule has 0 N–H and O–H groups in total. The number of imidazole rings is 1. The summed E-state index contributed by atoms with van der Waals surface area (Å²) in [6.45, 7) is 4.23. The first kappa shape index (κ1) is 13.2. The Bertz CT molecular complexity index is 759. The number of benzene rings is 2. The van der Waals surface area contributed by atoms with Crippen molar-refractivity contribution in [1.82, 2.24) is 9.55 Å². The molecule has 0 aliphatic carbocycles. The number of hydrogen-bond acceptors (Lipinski definition) is 1. The normalized spacial score (nSPS) is 11.2. The molecule has 0 radical (unpaired) electrons. The minimum atomic E-state index is 0.578. The van der Waals surface area contributed by atoms with Crippen LogP contribution in [0, 0.1) is 13.8 Å². The predicted octanol–water partition coefficient (Wildman–Crippen LogP) is 4.42. The summed E-state index contributed by atoms with van der Waals surface area (Å²) in [6, 6.07) is 14.7. The Hall–Kier alpha value is -1.80. The van der Waals surface area contributed by atoms with Gasteiger partial charge in [0.2, 0.25) is 0 Å². The summed E-state index contributed by atoms with van der Waals surface area (Å²) >= 11 is 5.95. The topological polar surface area (TPSA) is 17.8 Å². The molecule has 0 spiro atoms. The van der Waals surface area contributed by atoms with Gasteiger partial charge >= 0.3 is 0 Å². The first-order valence-corrected chi connectivity index (χ1v) is 7.34. The number of rotatable bonds is 3. The number of fused-ring (bicyclic) bond motifs is 1. The number of halogens is 1. The van der Waals surface area contributed by atoms with Gasteiger partial charge in [0, 0.05) is 12.3 Å². The number of alkyl halides is 1. The lowest BCUT2D eigenvalue weighted by Gasteiger charge is -2.11. The fourth-order valence-electron chi connectivity index (χ4n) is 2.62. The largest absolute Gasteiger partial charge is 0.296 e. The van der Waals surface area contributed by atoms with Crippen LogP contribution < -0.4 is 0 Å². The first-order valence-electron chi connectivity index (χ1n) is 6.81. The maximum absolute atomic E-state index is 5.95. The summed E-state index contributed by atoms with van der Waals surface area (Å²) < 4.78 is 2.24. The summed E-state index contributed by atoms with van der Waals surface area (Å²) in [5.41, 5.74) is 5.84. The Kier molecular flexibility index (Phi) is 3.49. The third kappa shape index (κ3) is 2.10. The van der Waals surface area contributed by atoms with E-state index >= 15 is 0 Å². The van der Waals surface area contributed by atoms with Gasteiger partial charge in [-0.25, -0.2) is 4.98 Å². The number of hydrogen-bond donors (Lipinski definition) is 0. The lowest BCUT2D eigenvalue weighted by molar-refractivity contribution is 0.907. The Morgan fingerprint density at radius 2 is 1.75 bits per heavy atom. The Labute approximate surface area is 124 Å². The Morgan fingerprint density at radius 3 is 2.50 bits per heavy atom. The van der Waals surface area contributed by atoms with E-state index in [-0.39, 0.29) is 0 Å². The summed E-state index contributed by atoms with van der Waals surface area (Å²) in [5, 5.41) is 0. The van der Waals surface area contributed by atoms with Crippen molar-refractivity contribution in [1.29, 1.82) is 0 Å². The van der Waals surface area contributed by atoms with E-state index in [1.165, 1.54) is 16.8 Å². The molecule has 2 nitrogen and oxygen atoms in total. The van der Waals surface area contributed by atoms with Gasteiger partial charge in [0.15, 0.2) is 0 Å². The van der Waals surface area contributed by atoms with Crippen LogP contribution in [0.25, 0.3) is 16.7 Å². The molecule has 3 aromatic rings. The van der Waals surface area contributed by atoms with Crippen LogP contribution >= 0.6 is 11.6 Å². The molecule has 0 bridgehead atoms. The van der Waals surface area contributed by atoms with Crippen molar-refractivity contribution >= 4 is 22.6 Å². The van der Waals surface area contributed by atoms with E-state index in [9.17, 15) is 0 Å². The molecule has 0 fully saturated rings. The molecule has 0 amide bonds. The van der Waals surface area contributed by atoms with Crippen molar-refractivity contribution in [3.8, 4) is 5.69 Å². The van der Waals surface area contributed by atoms with E-state index < -0.39 is 0 Å². The zero-order valence-corrected chi connectivity index (χ0v) is 12.5. The molecule has 0 aliphatic rings. The van der Waals surface area contributed by atoms with Crippen molar-refractivity contribution in [3.63, 3.8) is 0 Å². The van der Waals surface area contributed by atoms with Crippen molar-refractivity contribution < 1.29 is 0 Å². The van der Waals surface area contributed by atoms with E-state index in [1.54, 1.807) is 0 Å². The fraction of sp³-hybridized carbons (Fsp3) is 0.235. The smallest absolute Gasteiger partial charge is 0.115 e. The Balaban J connectivity index is 2.35. The molecule has 0 atom stereocenters. The first-order chi connectivity index (χ1) is 9.72. The average Bonchev–Trinajstić information content (AvgIpc) is 2.80. The SMILES string of the molecule is Cc1ccccc1-n1c(CCCl)nc2c(C)cccc21. The molecule has 3 rings (SSSR count). The van der Waals surface area contributed by atoms with Gasteiger partial charge in [0.05, 0.1) is 16.7 Å². The van der Waals surface area contributed by atoms with Gasteiger partial charge in [-0.2, -0.15) is 0 Å². The third-order valence-corrected chi connectivity index (χ3v) is 3.82. The van der Waals surface area contributed by atoms with Crippen molar-refractivity contribution in [2.45, 2.75) is 20.3 Å². The molecule has 0 saturated heterocycles. The summed E-state index contributed by atoms with van der Waals surface area (Å²) in [6.07, 6.45) is 0.768. The molecule has 3 heteroatoms. The van der Waals surface area contributed by atoms with Gasteiger partial charge in [-0.1, -0.05) is 30.3 Å².